The molecule has 0 bridgehead atoms. The van der Waals surface area contributed by atoms with Gasteiger partial charge in [-0.05, 0) is 24.1 Å². The molecule has 20 heavy (non-hydrogen) atoms. The van der Waals surface area contributed by atoms with Crippen LogP contribution in [0.4, 0.5) is 0 Å². The molecule has 108 valence electrons. The van der Waals surface area contributed by atoms with Crippen molar-refractivity contribution < 1.29 is 14.7 Å². The molecule has 0 saturated carbocycles. The molecule has 1 aliphatic heterocycles. The standard InChI is InChI=1S/C15H20N2O3/c1-10(6-7-16)14(18)17-9-12-5-3-2-4-11(12)8-13(17)15(19)20/h2-5,10,13H,6-9,16H2,1H3,(H,19,20). The number of benzene rings is 1. The molecule has 0 radical (unpaired) electrons. The first kappa shape index (κ1) is 14.5. The van der Waals surface area contributed by atoms with Crippen LogP contribution >= 0.6 is 0 Å². The first-order valence-electron chi connectivity index (χ1n) is 6.84. The second-order valence-electron chi connectivity index (χ2n) is 5.27. The summed E-state index contributed by atoms with van der Waals surface area (Å²) in [6, 6.07) is 6.90. The predicted molar refractivity (Wildman–Crippen MR) is 75.0 cm³/mol. The smallest absolute Gasteiger partial charge is 0.326 e. The number of carbonyl (C=O) groups is 2. The van der Waals surface area contributed by atoms with Gasteiger partial charge in [0, 0.05) is 18.9 Å². The Bertz CT molecular complexity index is 516. The Morgan fingerprint density at radius 1 is 1.40 bits per heavy atom. The number of amides is 1. The summed E-state index contributed by atoms with van der Waals surface area (Å²) < 4.78 is 0. The van der Waals surface area contributed by atoms with E-state index in [2.05, 4.69) is 0 Å². The molecule has 0 fully saturated rings. The van der Waals surface area contributed by atoms with Crippen molar-refractivity contribution in [1.82, 2.24) is 4.90 Å². The lowest BCUT2D eigenvalue weighted by atomic mass is 9.92. The summed E-state index contributed by atoms with van der Waals surface area (Å²) in [6.07, 6.45) is 0.940. The van der Waals surface area contributed by atoms with E-state index in [0.717, 1.165) is 11.1 Å². The summed E-state index contributed by atoms with van der Waals surface area (Å²) in [5.74, 6) is -1.32. The zero-order valence-corrected chi connectivity index (χ0v) is 11.6. The highest BCUT2D eigenvalue weighted by Crippen LogP contribution is 2.25. The topological polar surface area (TPSA) is 83.6 Å². The molecule has 0 aliphatic carbocycles. The molecule has 0 spiro atoms. The molecule has 2 rings (SSSR count). The zero-order valence-electron chi connectivity index (χ0n) is 11.6. The third-order valence-electron chi connectivity index (χ3n) is 3.84. The van der Waals surface area contributed by atoms with Gasteiger partial charge in [-0.1, -0.05) is 31.2 Å². The van der Waals surface area contributed by atoms with Crippen LogP contribution in [0.3, 0.4) is 0 Å². The average Bonchev–Trinajstić information content (AvgIpc) is 2.45. The number of rotatable bonds is 4. The lowest BCUT2D eigenvalue weighted by Gasteiger charge is -2.36. The first-order chi connectivity index (χ1) is 9.54. The summed E-state index contributed by atoms with van der Waals surface area (Å²) in [6.45, 7) is 2.59. The van der Waals surface area contributed by atoms with E-state index in [1.165, 1.54) is 4.90 Å². The largest absolute Gasteiger partial charge is 0.480 e. The maximum Gasteiger partial charge on any atom is 0.326 e. The fraction of sp³-hybridized carbons (Fsp3) is 0.467. The van der Waals surface area contributed by atoms with Crippen LogP contribution in [-0.4, -0.2) is 34.5 Å². The summed E-state index contributed by atoms with van der Waals surface area (Å²) >= 11 is 0. The predicted octanol–water partition coefficient (Wildman–Crippen LogP) is 1.01. The average molecular weight is 276 g/mol. The van der Waals surface area contributed by atoms with Crippen LogP contribution in [-0.2, 0) is 22.6 Å². The quantitative estimate of drug-likeness (QED) is 0.859. The zero-order chi connectivity index (χ0) is 14.7. The Morgan fingerprint density at radius 3 is 2.65 bits per heavy atom. The van der Waals surface area contributed by atoms with Crippen LogP contribution in [0.15, 0.2) is 24.3 Å². The van der Waals surface area contributed by atoms with Crippen LogP contribution in [0.1, 0.15) is 24.5 Å². The number of fused-ring (bicyclic) bond motifs is 1. The number of carbonyl (C=O) groups excluding carboxylic acids is 1. The molecule has 1 aliphatic rings. The monoisotopic (exact) mass is 276 g/mol. The molecule has 1 heterocycles. The van der Waals surface area contributed by atoms with Gasteiger partial charge in [0.2, 0.25) is 5.91 Å². The SMILES string of the molecule is CC(CCN)C(=O)N1Cc2ccccc2CC1C(=O)O. The van der Waals surface area contributed by atoms with Gasteiger partial charge in [0.1, 0.15) is 6.04 Å². The number of carboxylic acids is 1. The molecule has 1 aromatic rings. The van der Waals surface area contributed by atoms with E-state index >= 15 is 0 Å². The number of aliphatic carboxylic acids is 1. The molecule has 2 atom stereocenters. The van der Waals surface area contributed by atoms with Gasteiger partial charge in [-0.2, -0.15) is 0 Å². The molecule has 1 aromatic carbocycles. The Balaban J connectivity index is 2.26. The molecule has 0 aromatic heterocycles. The van der Waals surface area contributed by atoms with Crippen molar-refractivity contribution in [1.29, 1.82) is 0 Å². The van der Waals surface area contributed by atoms with Gasteiger partial charge in [0.25, 0.3) is 0 Å². The molecule has 2 unspecified atom stereocenters. The van der Waals surface area contributed by atoms with Crippen LogP contribution in [0.2, 0.25) is 0 Å². The maximum absolute atomic E-state index is 12.4. The number of nitrogens with two attached hydrogens (primary N) is 1. The fourth-order valence-corrected chi connectivity index (χ4v) is 2.63. The van der Waals surface area contributed by atoms with E-state index in [-0.39, 0.29) is 11.8 Å². The van der Waals surface area contributed by atoms with Gasteiger partial charge in [0.05, 0.1) is 0 Å². The van der Waals surface area contributed by atoms with Gasteiger partial charge < -0.3 is 15.7 Å². The summed E-state index contributed by atoms with van der Waals surface area (Å²) in [5, 5.41) is 9.38. The third kappa shape index (κ3) is 2.82. The van der Waals surface area contributed by atoms with E-state index < -0.39 is 12.0 Å². The van der Waals surface area contributed by atoms with E-state index in [4.69, 9.17) is 5.73 Å². The van der Waals surface area contributed by atoms with Gasteiger partial charge in [-0.15, -0.1) is 0 Å². The summed E-state index contributed by atoms with van der Waals surface area (Å²) in [7, 11) is 0. The molecular weight excluding hydrogens is 256 g/mol. The van der Waals surface area contributed by atoms with Gasteiger partial charge >= 0.3 is 5.97 Å². The van der Waals surface area contributed by atoms with E-state index in [1.54, 1.807) is 6.92 Å². The number of hydrogen-bond acceptors (Lipinski definition) is 3. The van der Waals surface area contributed by atoms with Gasteiger partial charge in [0.15, 0.2) is 0 Å². The molecule has 3 N–H and O–H groups in total. The minimum atomic E-state index is -0.951. The Labute approximate surface area is 118 Å². The van der Waals surface area contributed by atoms with Crippen LogP contribution in [0, 0.1) is 5.92 Å². The first-order valence-corrected chi connectivity index (χ1v) is 6.84. The second kappa shape index (κ2) is 6.05. The lowest BCUT2D eigenvalue weighted by molar-refractivity contribution is -0.153. The third-order valence-corrected chi connectivity index (χ3v) is 3.84. The van der Waals surface area contributed by atoms with Gasteiger partial charge in [-0.3, -0.25) is 4.79 Å². The Morgan fingerprint density at radius 2 is 2.05 bits per heavy atom. The van der Waals surface area contributed by atoms with Crippen molar-refractivity contribution in [3.8, 4) is 0 Å². The fourth-order valence-electron chi connectivity index (χ4n) is 2.63. The van der Waals surface area contributed by atoms with E-state index in [1.807, 2.05) is 24.3 Å². The van der Waals surface area contributed by atoms with Crippen molar-refractivity contribution in [3.05, 3.63) is 35.4 Å². The molecule has 1 amide bonds. The highest BCUT2D eigenvalue weighted by molar-refractivity contribution is 5.85. The molecule has 0 saturated heterocycles. The van der Waals surface area contributed by atoms with Crippen LogP contribution < -0.4 is 5.73 Å². The lowest BCUT2D eigenvalue weighted by Crippen LogP contribution is -2.50. The number of hydrogen-bond donors (Lipinski definition) is 2. The van der Waals surface area contributed by atoms with Crippen molar-refractivity contribution in [2.45, 2.75) is 32.4 Å². The van der Waals surface area contributed by atoms with E-state index in [0.29, 0.717) is 25.9 Å². The van der Waals surface area contributed by atoms with Crippen molar-refractivity contribution in [3.63, 3.8) is 0 Å². The Hall–Kier alpha value is -1.88. The van der Waals surface area contributed by atoms with Crippen molar-refractivity contribution in [2.75, 3.05) is 6.54 Å². The van der Waals surface area contributed by atoms with Gasteiger partial charge in [-0.25, -0.2) is 4.79 Å². The normalized spacial score (nSPS) is 19.3. The van der Waals surface area contributed by atoms with Crippen molar-refractivity contribution >= 4 is 11.9 Å². The Kier molecular flexibility index (Phi) is 4.39. The minimum absolute atomic E-state index is 0.127. The molecule has 5 heteroatoms. The van der Waals surface area contributed by atoms with Crippen LogP contribution in [0.25, 0.3) is 0 Å². The molecular formula is C15H20N2O3. The highest BCUT2D eigenvalue weighted by atomic mass is 16.4. The minimum Gasteiger partial charge on any atom is -0.480 e. The number of carboxylic acid groups (broad SMARTS) is 1. The summed E-state index contributed by atoms with van der Waals surface area (Å²) in [5.41, 5.74) is 7.52. The summed E-state index contributed by atoms with van der Waals surface area (Å²) in [4.78, 5) is 25.3. The van der Waals surface area contributed by atoms with Crippen LogP contribution in [0.5, 0.6) is 0 Å². The van der Waals surface area contributed by atoms with Crippen molar-refractivity contribution in [2.24, 2.45) is 11.7 Å². The highest BCUT2D eigenvalue weighted by Gasteiger charge is 2.35. The second-order valence-corrected chi connectivity index (χ2v) is 5.27. The number of nitrogens with zero attached hydrogens (tertiary/aromatic N) is 1. The van der Waals surface area contributed by atoms with E-state index in [9.17, 15) is 14.7 Å². The maximum atomic E-state index is 12.4. The molecule has 5 nitrogen and oxygen atoms in total.